The van der Waals surface area contributed by atoms with Gasteiger partial charge in [0.1, 0.15) is 13.2 Å². The number of hydrogen-bond donors (Lipinski definition) is 1. The predicted molar refractivity (Wildman–Crippen MR) is 105 cm³/mol. The molecule has 146 valence electrons. The van der Waals surface area contributed by atoms with E-state index >= 15 is 0 Å². The van der Waals surface area contributed by atoms with Crippen molar-refractivity contribution in [1.82, 2.24) is 5.32 Å². The second kappa shape index (κ2) is 9.48. The van der Waals surface area contributed by atoms with E-state index in [-0.39, 0.29) is 19.7 Å². The van der Waals surface area contributed by atoms with Gasteiger partial charge in [0, 0.05) is 5.02 Å². The molecular weight excluding hydrogens is 392 g/mol. The Morgan fingerprint density at radius 3 is 2.48 bits per heavy atom. The molecule has 0 atom stereocenters. The van der Waals surface area contributed by atoms with Crippen molar-refractivity contribution < 1.29 is 22.7 Å². The number of ether oxygens (including phenoxy) is 2. The molecule has 7 nitrogen and oxygen atoms in total. The van der Waals surface area contributed by atoms with Crippen LogP contribution in [0.15, 0.2) is 48.5 Å². The number of carbonyl (C=O) groups excluding carboxylic acids is 1. The highest BCUT2D eigenvalue weighted by Crippen LogP contribution is 2.25. The first-order valence-electron chi connectivity index (χ1n) is 8.07. The lowest BCUT2D eigenvalue weighted by Crippen LogP contribution is -2.41. The molecule has 1 N–H and O–H groups in total. The maximum Gasteiger partial charge on any atom is 0.240 e. The highest BCUT2D eigenvalue weighted by Gasteiger charge is 2.20. The Bertz CT molecular complexity index is 889. The summed E-state index contributed by atoms with van der Waals surface area (Å²) < 4.78 is 35.8. The van der Waals surface area contributed by atoms with E-state index in [1.54, 1.807) is 37.4 Å². The predicted octanol–water partition coefficient (Wildman–Crippen LogP) is 2.31. The van der Waals surface area contributed by atoms with Gasteiger partial charge in [0.25, 0.3) is 0 Å². The molecule has 27 heavy (non-hydrogen) atoms. The van der Waals surface area contributed by atoms with Crippen molar-refractivity contribution in [1.29, 1.82) is 0 Å². The molecule has 0 aliphatic heterocycles. The van der Waals surface area contributed by atoms with Crippen LogP contribution >= 0.6 is 11.6 Å². The van der Waals surface area contributed by atoms with Gasteiger partial charge in [0.2, 0.25) is 15.9 Å². The van der Waals surface area contributed by atoms with Gasteiger partial charge in [-0.05, 0) is 30.3 Å². The van der Waals surface area contributed by atoms with Gasteiger partial charge in [-0.1, -0.05) is 29.8 Å². The molecule has 0 saturated carbocycles. The Morgan fingerprint density at radius 2 is 1.85 bits per heavy atom. The lowest BCUT2D eigenvalue weighted by Gasteiger charge is -2.22. The third kappa shape index (κ3) is 6.33. The van der Waals surface area contributed by atoms with Crippen LogP contribution in [0.4, 0.5) is 5.69 Å². The molecule has 0 aromatic heterocycles. The fourth-order valence-corrected chi connectivity index (χ4v) is 3.34. The lowest BCUT2D eigenvalue weighted by molar-refractivity contribution is -0.119. The van der Waals surface area contributed by atoms with Crippen LogP contribution in [-0.2, 0) is 14.8 Å². The van der Waals surface area contributed by atoms with Crippen LogP contribution in [0.5, 0.6) is 11.5 Å². The fourth-order valence-electron chi connectivity index (χ4n) is 2.31. The van der Waals surface area contributed by atoms with Crippen LogP contribution < -0.4 is 19.1 Å². The number of methoxy groups -OCH3 is 1. The number of benzene rings is 2. The van der Waals surface area contributed by atoms with Crippen molar-refractivity contribution in [3.63, 3.8) is 0 Å². The van der Waals surface area contributed by atoms with Gasteiger partial charge in [-0.2, -0.15) is 0 Å². The van der Waals surface area contributed by atoms with Crippen molar-refractivity contribution in [2.45, 2.75) is 0 Å². The van der Waals surface area contributed by atoms with Crippen molar-refractivity contribution in [2.75, 3.05) is 37.4 Å². The van der Waals surface area contributed by atoms with Crippen LogP contribution in [0.1, 0.15) is 0 Å². The van der Waals surface area contributed by atoms with Crippen LogP contribution in [0.2, 0.25) is 5.02 Å². The zero-order valence-electron chi connectivity index (χ0n) is 15.0. The summed E-state index contributed by atoms with van der Waals surface area (Å²) in [6, 6.07) is 13.5. The second-order valence-corrected chi connectivity index (χ2v) is 7.94. The molecule has 0 radical (unpaired) electrons. The number of nitrogens with one attached hydrogen (secondary N) is 1. The highest BCUT2D eigenvalue weighted by molar-refractivity contribution is 7.92. The normalized spacial score (nSPS) is 10.9. The summed E-state index contributed by atoms with van der Waals surface area (Å²) in [7, 11) is -2.11. The molecule has 2 aromatic rings. The molecule has 2 rings (SSSR count). The molecule has 2 aromatic carbocycles. The maximum absolute atomic E-state index is 12.2. The molecule has 0 heterocycles. The van der Waals surface area contributed by atoms with Crippen LogP contribution in [0, 0.1) is 0 Å². The van der Waals surface area contributed by atoms with E-state index in [1.807, 2.05) is 12.1 Å². The van der Waals surface area contributed by atoms with Crippen LogP contribution in [0.25, 0.3) is 0 Å². The van der Waals surface area contributed by atoms with Crippen molar-refractivity contribution in [3.8, 4) is 11.5 Å². The summed E-state index contributed by atoms with van der Waals surface area (Å²) in [5.74, 6) is 0.697. The van der Waals surface area contributed by atoms with Gasteiger partial charge in [-0.3, -0.25) is 9.10 Å². The molecule has 0 unspecified atom stereocenters. The summed E-state index contributed by atoms with van der Waals surface area (Å²) in [5, 5.41) is 3.01. The summed E-state index contributed by atoms with van der Waals surface area (Å²) in [6.07, 6.45) is 1.03. The van der Waals surface area contributed by atoms with E-state index in [0.717, 1.165) is 10.6 Å². The van der Waals surface area contributed by atoms with E-state index in [0.29, 0.717) is 22.2 Å². The van der Waals surface area contributed by atoms with Crippen molar-refractivity contribution in [3.05, 3.63) is 53.6 Å². The molecule has 0 aliphatic rings. The standard InChI is InChI=1S/C18H21ClN2O5S/c1-25-16-8-3-4-9-17(16)26-11-10-20-18(22)13-21(27(2,23)24)15-7-5-6-14(19)12-15/h3-9,12H,10-11,13H2,1-2H3,(H,20,22). The molecule has 0 spiro atoms. The number of nitrogens with zero attached hydrogens (tertiary/aromatic N) is 1. The monoisotopic (exact) mass is 412 g/mol. The van der Waals surface area contributed by atoms with E-state index in [2.05, 4.69) is 5.32 Å². The Labute approximate surface area is 163 Å². The largest absolute Gasteiger partial charge is 0.493 e. The summed E-state index contributed by atoms with van der Waals surface area (Å²) in [6.45, 7) is 0.0695. The first-order valence-corrected chi connectivity index (χ1v) is 10.3. The quantitative estimate of drug-likeness (QED) is 0.639. The number of carbonyl (C=O) groups is 1. The van der Waals surface area contributed by atoms with Crippen molar-refractivity contribution >= 4 is 33.2 Å². The Morgan fingerprint density at radius 1 is 1.15 bits per heavy atom. The Hall–Kier alpha value is -2.45. The zero-order chi connectivity index (χ0) is 19.9. The average molecular weight is 413 g/mol. The van der Waals surface area contributed by atoms with E-state index in [1.165, 1.54) is 6.07 Å². The molecule has 0 saturated heterocycles. The zero-order valence-corrected chi connectivity index (χ0v) is 16.6. The van der Waals surface area contributed by atoms with E-state index in [4.69, 9.17) is 21.1 Å². The minimum atomic E-state index is -3.65. The van der Waals surface area contributed by atoms with E-state index in [9.17, 15) is 13.2 Å². The molecule has 9 heteroatoms. The summed E-state index contributed by atoms with van der Waals surface area (Å²) in [4.78, 5) is 12.2. The first-order chi connectivity index (χ1) is 12.8. The van der Waals surface area contributed by atoms with Crippen molar-refractivity contribution in [2.24, 2.45) is 0 Å². The molecule has 0 bridgehead atoms. The number of amides is 1. The molecule has 0 fully saturated rings. The first kappa shape index (κ1) is 20.9. The Balaban J connectivity index is 1.91. The second-order valence-electron chi connectivity index (χ2n) is 5.60. The topological polar surface area (TPSA) is 84.9 Å². The molecule has 0 aliphatic carbocycles. The Kier molecular flexibility index (Phi) is 7.32. The van der Waals surface area contributed by atoms with Crippen LogP contribution in [-0.4, -0.2) is 47.4 Å². The van der Waals surface area contributed by atoms with Gasteiger partial charge < -0.3 is 14.8 Å². The molecule has 1 amide bonds. The van der Waals surface area contributed by atoms with Gasteiger partial charge in [0.15, 0.2) is 11.5 Å². The smallest absolute Gasteiger partial charge is 0.240 e. The van der Waals surface area contributed by atoms with Gasteiger partial charge >= 0.3 is 0 Å². The van der Waals surface area contributed by atoms with Crippen LogP contribution in [0.3, 0.4) is 0 Å². The van der Waals surface area contributed by atoms with Gasteiger partial charge in [-0.15, -0.1) is 0 Å². The fraction of sp³-hybridized carbons (Fsp3) is 0.278. The maximum atomic E-state index is 12.2. The number of halogens is 1. The average Bonchev–Trinajstić information content (AvgIpc) is 2.62. The van der Waals surface area contributed by atoms with E-state index < -0.39 is 15.9 Å². The number of hydrogen-bond acceptors (Lipinski definition) is 5. The molecular formula is C18H21ClN2O5S. The number of anilines is 1. The third-order valence-corrected chi connectivity index (χ3v) is 4.91. The number of sulfonamides is 1. The SMILES string of the molecule is COc1ccccc1OCCNC(=O)CN(c1cccc(Cl)c1)S(C)(=O)=O. The summed E-state index contributed by atoms with van der Waals surface area (Å²) >= 11 is 5.91. The van der Waals surface area contributed by atoms with Gasteiger partial charge in [0.05, 0.1) is 25.6 Å². The minimum absolute atomic E-state index is 0.210. The minimum Gasteiger partial charge on any atom is -0.493 e. The summed E-state index contributed by atoms with van der Waals surface area (Å²) in [5.41, 5.74) is 0.324. The number of rotatable bonds is 9. The lowest BCUT2D eigenvalue weighted by atomic mass is 10.3. The number of para-hydroxylation sites is 2. The van der Waals surface area contributed by atoms with Gasteiger partial charge in [-0.25, -0.2) is 8.42 Å². The highest BCUT2D eigenvalue weighted by atomic mass is 35.5. The third-order valence-electron chi connectivity index (χ3n) is 3.53.